The molecule has 0 saturated carbocycles. The van der Waals surface area contributed by atoms with E-state index in [4.69, 9.17) is 28.3 Å². The molecule has 33 heavy (non-hydrogen) atoms. The molecule has 2 N–H and O–H groups in total. The highest BCUT2D eigenvalue weighted by Crippen LogP contribution is 2.24. The molecule has 0 unspecified atom stereocenters. The quantitative estimate of drug-likeness (QED) is 0.221. The molecule has 180 valence electrons. The topological polar surface area (TPSA) is 101 Å². The SMILES string of the molecule is O=C(O)CCCCCCCCCCNS(=O)(=O)c1ccc(C(=O)c2ccc(Cl)cc2Cl)cc1. The van der Waals surface area contributed by atoms with Crippen molar-refractivity contribution in [3.63, 3.8) is 0 Å². The summed E-state index contributed by atoms with van der Waals surface area (Å²) >= 11 is 12.0. The van der Waals surface area contributed by atoms with E-state index in [0.29, 0.717) is 22.7 Å². The van der Waals surface area contributed by atoms with Crippen LogP contribution < -0.4 is 4.72 Å². The number of carboxylic acid groups (broad SMARTS) is 1. The molecule has 2 aromatic rings. The molecule has 0 fully saturated rings. The number of sulfonamides is 1. The number of carbonyl (C=O) groups is 2. The first-order chi connectivity index (χ1) is 15.7. The Morgan fingerprint density at radius 1 is 0.818 bits per heavy atom. The fourth-order valence-electron chi connectivity index (χ4n) is 3.37. The van der Waals surface area contributed by atoms with Gasteiger partial charge in [-0.25, -0.2) is 13.1 Å². The maximum atomic E-state index is 12.6. The highest BCUT2D eigenvalue weighted by Gasteiger charge is 2.17. The molecule has 0 heterocycles. The molecular formula is C24H29Cl2NO5S. The number of carboxylic acids is 1. The number of unbranched alkanes of at least 4 members (excludes halogenated alkanes) is 7. The van der Waals surface area contributed by atoms with Gasteiger partial charge in [0.2, 0.25) is 10.0 Å². The molecule has 0 radical (unpaired) electrons. The first kappa shape index (κ1) is 27.3. The summed E-state index contributed by atoms with van der Waals surface area (Å²) in [6.07, 6.45) is 7.73. The Hall–Kier alpha value is -1.93. The molecule has 6 nitrogen and oxygen atoms in total. The van der Waals surface area contributed by atoms with Gasteiger partial charge < -0.3 is 5.11 Å². The number of ketones is 1. The van der Waals surface area contributed by atoms with E-state index in [-0.39, 0.29) is 22.1 Å². The van der Waals surface area contributed by atoms with Gasteiger partial charge in [0.05, 0.1) is 9.92 Å². The molecular weight excluding hydrogens is 485 g/mol. The lowest BCUT2D eigenvalue weighted by atomic mass is 10.0. The van der Waals surface area contributed by atoms with Gasteiger partial charge in [0.1, 0.15) is 0 Å². The van der Waals surface area contributed by atoms with Crippen LogP contribution in [0, 0.1) is 0 Å². The molecule has 0 saturated heterocycles. The lowest BCUT2D eigenvalue weighted by Crippen LogP contribution is -2.24. The number of carbonyl (C=O) groups excluding carboxylic acids is 1. The number of benzene rings is 2. The molecule has 0 bridgehead atoms. The van der Waals surface area contributed by atoms with E-state index in [1.807, 2.05) is 0 Å². The number of aliphatic carboxylic acids is 1. The second kappa shape index (κ2) is 13.7. The van der Waals surface area contributed by atoms with Crippen LogP contribution in [0.2, 0.25) is 10.0 Å². The Morgan fingerprint density at radius 3 is 1.97 bits per heavy atom. The van der Waals surface area contributed by atoms with E-state index < -0.39 is 16.0 Å². The second-order valence-electron chi connectivity index (χ2n) is 7.85. The second-order valence-corrected chi connectivity index (χ2v) is 10.5. The Kier molecular flexibility index (Phi) is 11.3. The van der Waals surface area contributed by atoms with Gasteiger partial charge in [0.25, 0.3) is 0 Å². The largest absolute Gasteiger partial charge is 0.481 e. The molecule has 9 heteroatoms. The van der Waals surface area contributed by atoms with Gasteiger partial charge in [-0.3, -0.25) is 9.59 Å². The zero-order chi connectivity index (χ0) is 24.3. The minimum absolute atomic E-state index is 0.0996. The van der Waals surface area contributed by atoms with Gasteiger partial charge in [-0.05, 0) is 55.3 Å². The number of hydrogen-bond donors (Lipinski definition) is 2. The lowest BCUT2D eigenvalue weighted by Gasteiger charge is -2.08. The van der Waals surface area contributed by atoms with E-state index in [0.717, 1.165) is 51.4 Å². The van der Waals surface area contributed by atoms with Gasteiger partial charge in [-0.2, -0.15) is 0 Å². The average Bonchev–Trinajstić information content (AvgIpc) is 2.77. The van der Waals surface area contributed by atoms with Crippen molar-refractivity contribution in [2.45, 2.75) is 62.7 Å². The van der Waals surface area contributed by atoms with Crippen LogP contribution in [-0.4, -0.2) is 31.8 Å². The van der Waals surface area contributed by atoms with Crippen LogP contribution in [0.25, 0.3) is 0 Å². The summed E-state index contributed by atoms with van der Waals surface area (Å²) < 4.78 is 27.6. The third kappa shape index (κ3) is 9.45. The Labute approximate surface area is 205 Å². The van der Waals surface area contributed by atoms with Crippen molar-refractivity contribution >= 4 is 45.0 Å². The van der Waals surface area contributed by atoms with Gasteiger partial charge >= 0.3 is 5.97 Å². The van der Waals surface area contributed by atoms with Crippen LogP contribution in [0.1, 0.15) is 73.7 Å². The van der Waals surface area contributed by atoms with E-state index >= 15 is 0 Å². The molecule has 0 atom stereocenters. The van der Waals surface area contributed by atoms with Crippen molar-refractivity contribution in [1.82, 2.24) is 4.72 Å². The number of hydrogen-bond acceptors (Lipinski definition) is 4. The van der Waals surface area contributed by atoms with Crippen LogP contribution in [0.15, 0.2) is 47.4 Å². The average molecular weight is 514 g/mol. The first-order valence-electron chi connectivity index (χ1n) is 11.0. The van der Waals surface area contributed by atoms with Crippen molar-refractivity contribution in [3.8, 4) is 0 Å². The van der Waals surface area contributed by atoms with Crippen LogP contribution in [0.4, 0.5) is 0 Å². The predicted octanol–water partition coefficient (Wildman–Crippen LogP) is 6.10. The van der Waals surface area contributed by atoms with Gasteiger partial charge in [-0.1, -0.05) is 61.7 Å². The molecule has 0 aliphatic rings. The van der Waals surface area contributed by atoms with E-state index in [2.05, 4.69) is 4.72 Å². The molecule has 0 aromatic heterocycles. The van der Waals surface area contributed by atoms with E-state index in [1.54, 1.807) is 12.1 Å². The maximum absolute atomic E-state index is 12.6. The fourth-order valence-corrected chi connectivity index (χ4v) is 4.93. The summed E-state index contributed by atoms with van der Waals surface area (Å²) in [5.74, 6) is -1.06. The Morgan fingerprint density at radius 2 is 1.39 bits per heavy atom. The Bertz CT molecular complexity index is 1040. The van der Waals surface area contributed by atoms with Gasteiger partial charge in [0.15, 0.2) is 5.78 Å². The van der Waals surface area contributed by atoms with Crippen molar-refractivity contribution in [2.24, 2.45) is 0 Å². The fraction of sp³-hybridized carbons (Fsp3) is 0.417. The molecule has 0 aliphatic carbocycles. The predicted molar refractivity (Wildman–Crippen MR) is 131 cm³/mol. The summed E-state index contributed by atoms with van der Waals surface area (Å²) in [6, 6.07) is 10.4. The molecule has 2 aromatic carbocycles. The molecule has 0 spiro atoms. The summed E-state index contributed by atoms with van der Waals surface area (Å²) in [5.41, 5.74) is 0.635. The highest BCUT2D eigenvalue weighted by atomic mass is 35.5. The first-order valence-corrected chi connectivity index (χ1v) is 13.3. The monoisotopic (exact) mass is 513 g/mol. The third-order valence-electron chi connectivity index (χ3n) is 5.21. The van der Waals surface area contributed by atoms with Gasteiger partial charge in [0, 0.05) is 29.1 Å². The van der Waals surface area contributed by atoms with E-state index in [1.165, 1.54) is 30.3 Å². The zero-order valence-corrected chi connectivity index (χ0v) is 20.7. The van der Waals surface area contributed by atoms with Crippen LogP contribution in [0.3, 0.4) is 0 Å². The number of rotatable bonds is 15. The highest BCUT2D eigenvalue weighted by molar-refractivity contribution is 7.89. The number of halogens is 2. The minimum Gasteiger partial charge on any atom is -0.481 e. The normalized spacial score (nSPS) is 11.5. The smallest absolute Gasteiger partial charge is 0.303 e. The van der Waals surface area contributed by atoms with Gasteiger partial charge in [-0.15, -0.1) is 0 Å². The maximum Gasteiger partial charge on any atom is 0.303 e. The summed E-state index contributed by atoms with van der Waals surface area (Å²) in [4.78, 5) is 23.2. The minimum atomic E-state index is -3.65. The van der Waals surface area contributed by atoms with Crippen molar-refractivity contribution < 1.29 is 23.1 Å². The zero-order valence-electron chi connectivity index (χ0n) is 18.4. The molecule has 0 amide bonds. The standard InChI is InChI=1S/C24H29Cl2NO5S/c25-19-12-15-21(22(26)17-19)24(30)18-10-13-20(14-11-18)33(31,32)27-16-8-6-4-2-1-3-5-7-9-23(28)29/h10-15,17,27H,1-9,16H2,(H,28,29). The molecule has 2 rings (SSSR count). The number of nitrogens with one attached hydrogen (secondary N) is 1. The van der Waals surface area contributed by atoms with E-state index in [9.17, 15) is 18.0 Å². The summed E-state index contributed by atoms with van der Waals surface area (Å²) in [5, 5.41) is 9.26. The van der Waals surface area contributed by atoms with Crippen molar-refractivity contribution in [1.29, 1.82) is 0 Å². The molecule has 0 aliphatic heterocycles. The summed E-state index contributed by atoms with van der Waals surface area (Å²) in [6.45, 7) is 0.349. The lowest BCUT2D eigenvalue weighted by molar-refractivity contribution is -0.137. The van der Waals surface area contributed by atoms with Crippen LogP contribution in [0.5, 0.6) is 0 Å². The van der Waals surface area contributed by atoms with Crippen molar-refractivity contribution in [2.75, 3.05) is 6.54 Å². The Balaban J connectivity index is 1.72. The van der Waals surface area contributed by atoms with Crippen LogP contribution >= 0.6 is 23.2 Å². The van der Waals surface area contributed by atoms with Crippen LogP contribution in [-0.2, 0) is 14.8 Å². The summed E-state index contributed by atoms with van der Waals surface area (Å²) in [7, 11) is -3.65. The third-order valence-corrected chi connectivity index (χ3v) is 7.24. The van der Waals surface area contributed by atoms with Crippen molar-refractivity contribution in [3.05, 3.63) is 63.6 Å².